The van der Waals surface area contributed by atoms with E-state index in [1.54, 1.807) is 0 Å². The fourth-order valence-corrected chi connectivity index (χ4v) is 0.523. The van der Waals surface area contributed by atoms with Crippen molar-refractivity contribution >= 4 is 11.6 Å². The van der Waals surface area contributed by atoms with Crippen LogP contribution in [0.1, 0.15) is 5.56 Å². The molecule has 1 aromatic rings. The summed E-state index contributed by atoms with van der Waals surface area (Å²) in [6.07, 6.45) is 6.50. The molecule has 0 bridgehead atoms. The highest BCUT2D eigenvalue weighted by atomic mass is 35.5. The molecule has 0 spiro atoms. The van der Waals surface area contributed by atoms with E-state index in [2.05, 4.69) is 16.1 Å². The van der Waals surface area contributed by atoms with Gasteiger partial charge in [-0.2, -0.15) is 5.10 Å². The Balaban J connectivity index is 3.15. The van der Waals surface area contributed by atoms with E-state index in [4.69, 9.17) is 18.0 Å². The standard InChI is InChI=1S/C5H3ClN2/c1-2-4-3-7-8-5(4)6/h1,3H,(H,7,8). The van der Waals surface area contributed by atoms with Gasteiger partial charge in [-0.1, -0.05) is 17.5 Å². The van der Waals surface area contributed by atoms with Gasteiger partial charge in [0.2, 0.25) is 0 Å². The van der Waals surface area contributed by atoms with Crippen LogP contribution in [0.3, 0.4) is 0 Å². The van der Waals surface area contributed by atoms with E-state index in [1.165, 1.54) is 6.20 Å². The van der Waals surface area contributed by atoms with E-state index in [0.29, 0.717) is 10.7 Å². The molecule has 2 nitrogen and oxygen atoms in total. The Morgan fingerprint density at radius 2 is 2.62 bits per heavy atom. The summed E-state index contributed by atoms with van der Waals surface area (Å²) in [5, 5.41) is 6.51. The third kappa shape index (κ3) is 0.682. The summed E-state index contributed by atoms with van der Waals surface area (Å²) in [5.41, 5.74) is 0.603. The number of H-pyrrole nitrogens is 1. The molecule has 1 heterocycles. The molecule has 0 aliphatic carbocycles. The van der Waals surface area contributed by atoms with Crippen molar-refractivity contribution < 1.29 is 0 Å². The summed E-state index contributed by atoms with van der Waals surface area (Å²) in [4.78, 5) is 0. The van der Waals surface area contributed by atoms with Gasteiger partial charge < -0.3 is 0 Å². The first kappa shape index (κ1) is 5.20. The number of hydrogen-bond acceptors (Lipinski definition) is 1. The maximum atomic E-state index is 5.48. The van der Waals surface area contributed by atoms with E-state index in [-0.39, 0.29) is 0 Å². The lowest BCUT2D eigenvalue weighted by molar-refractivity contribution is 1.09. The van der Waals surface area contributed by atoms with Crippen molar-refractivity contribution in [1.82, 2.24) is 10.2 Å². The van der Waals surface area contributed by atoms with Crippen molar-refractivity contribution in [1.29, 1.82) is 0 Å². The second kappa shape index (κ2) is 1.89. The molecule has 40 valence electrons. The van der Waals surface area contributed by atoms with Crippen molar-refractivity contribution in [2.75, 3.05) is 0 Å². The average Bonchev–Trinajstić information content (AvgIpc) is 2.14. The van der Waals surface area contributed by atoms with Crippen LogP contribution < -0.4 is 0 Å². The largest absolute Gasteiger partial charge is 0.266 e. The van der Waals surface area contributed by atoms with Gasteiger partial charge in [0.05, 0.1) is 11.8 Å². The lowest BCUT2D eigenvalue weighted by atomic mass is 10.4. The van der Waals surface area contributed by atoms with Gasteiger partial charge >= 0.3 is 0 Å². The van der Waals surface area contributed by atoms with Crippen LogP contribution in [0.4, 0.5) is 0 Å². The Morgan fingerprint density at radius 1 is 1.88 bits per heavy atom. The van der Waals surface area contributed by atoms with Crippen molar-refractivity contribution in [2.24, 2.45) is 0 Å². The monoisotopic (exact) mass is 126 g/mol. The van der Waals surface area contributed by atoms with Gasteiger partial charge in [0.15, 0.2) is 0 Å². The van der Waals surface area contributed by atoms with E-state index < -0.39 is 0 Å². The summed E-state index contributed by atoms with van der Waals surface area (Å²) in [6.45, 7) is 0. The molecule has 1 N–H and O–H groups in total. The lowest BCUT2D eigenvalue weighted by Crippen LogP contribution is -1.64. The predicted molar refractivity (Wildman–Crippen MR) is 31.5 cm³/mol. The van der Waals surface area contributed by atoms with Gasteiger partial charge in [-0.3, -0.25) is 5.10 Å². The molecule has 0 amide bonds. The number of nitrogens with one attached hydrogen (secondary N) is 1. The minimum absolute atomic E-state index is 0.424. The molecule has 3 heteroatoms. The summed E-state index contributed by atoms with van der Waals surface area (Å²) >= 11 is 5.48. The molecule has 0 fully saturated rings. The van der Waals surface area contributed by atoms with Crippen LogP contribution >= 0.6 is 11.6 Å². The first-order valence-electron chi connectivity index (χ1n) is 2.00. The van der Waals surface area contributed by atoms with Gasteiger partial charge in [-0.05, 0) is 0 Å². The maximum absolute atomic E-state index is 5.48. The number of aromatic amines is 1. The number of nitrogens with zero attached hydrogens (tertiary/aromatic N) is 1. The topological polar surface area (TPSA) is 28.7 Å². The summed E-state index contributed by atoms with van der Waals surface area (Å²) in [7, 11) is 0. The van der Waals surface area contributed by atoms with Crippen molar-refractivity contribution in [3.05, 3.63) is 16.9 Å². The molecule has 0 saturated carbocycles. The molecule has 1 aromatic heterocycles. The number of halogens is 1. The van der Waals surface area contributed by atoms with Crippen LogP contribution in [0.15, 0.2) is 6.20 Å². The molecule has 8 heavy (non-hydrogen) atoms. The zero-order valence-electron chi connectivity index (χ0n) is 3.98. The van der Waals surface area contributed by atoms with Crippen LogP contribution in [0.2, 0.25) is 5.15 Å². The number of rotatable bonds is 0. The highest BCUT2D eigenvalue weighted by Gasteiger charge is 1.93. The third-order valence-electron chi connectivity index (χ3n) is 0.748. The summed E-state index contributed by atoms with van der Waals surface area (Å²) in [6, 6.07) is 0. The zero-order chi connectivity index (χ0) is 5.98. The fraction of sp³-hybridized carbons (Fsp3) is 0. The van der Waals surface area contributed by atoms with Crippen molar-refractivity contribution in [3.8, 4) is 12.3 Å². The Hall–Kier alpha value is -0.940. The third-order valence-corrected chi connectivity index (χ3v) is 1.04. The number of terminal acetylenes is 1. The fourth-order valence-electron chi connectivity index (χ4n) is 0.371. The molecule has 0 aliphatic rings. The van der Waals surface area contributed by atoms with Gasteiger partial charge in [0.1, 0.15) is 5.15 Å². The first-order chi connectivity index (χ1) is 3.84. The molecule has 0 aromatic carbocycles. The first-order valence-corrected chi connectivity index (χ1v) is 2.38. The summed E-state index contributed by atoms with van der Waals surface area (Å²) < 4.78 is 0. The normalized spacial score (nSPS) is 8.50. The van der Waals surface area contributed by atoms with E-state index in [1.807, 2.05) is 0 Å². The zero-order valence-corrected chi connectivity index (χ0v) is 4.74. The van der Waals surface area contributed by atoms with Crippen LogP contribution in [0.25, 0.3) is 0 Å². The summed E-state index contributed by atoms with van der Waals surface area (Å²) in [5.74, 6) is 2.35. The molecular weight excluding hydrogens is 124 g/mol. The van der Waals surface area contributed by atoms with Crippen LogP contribution in [0, 0.1) is 12.3 Å². The smallest absolute Gasteiger partial charge is 0.139 e. The van der Waals surface area contributed by atoms with Crippen LogP contribution in [-0.4, -0.2) is 10.2 Å². The molecule has 0 atom stereocenters. The van der Waals surface area contributed by atoms with Crippen molar-refractivity contribution in [2.45, 2.75) is 0 Å². The number of hydrogen-bond donors (Lipinski definition) is 1. The predicted octanol–water partition coefficient (Wildman–Crippen LogP) is 1.04. The minimum atomic E-state index is 0.424. The van der Waals surface area contributed by atoms with E-state index >= 15 is 0 Å². The lowest BCUT2D eigenvalue weighted by Gasteiger charge is -1.75. The Morgan fingerprint density at radius 3 is 2.88 bits per heavy atom. The molecule has 0 saturated heterocycles. The SMILES string of the molecule is C#Cc1cn[nH]c1Cl. The molecule has 0 aliphatic heterocycles. The molecule has 0 radical (unpaired) electrons. The van der Waals surface area contributed by atoms with Crippen molar-refractivity contribution in [3.63, 3.8) is 0 Å². The van der Waals surface area contributed by atoms with E-state index in [9.17, 15) is 0 Å². The van der Waals surface area contributed by atoms with E-state index in [0.717, 1.165) is 0 Å². The highest BCUT2D eigenvalue weighted by molar-refractivity contribution is 6.30. The quantitative estimate of drug-likeness (QED) is 0.517. The Labute approximate surface area is 51.9 Å². The van der Waals surface area contributed by atoms with Crippen LogP contribution in [0.5, 0.6) is 0 Å². The van der Waals surface area contributed by atoms with Gasteiger partial charge in [-0.15, -0.1) is 6.42 Å². The Kier molecular flexibility index (Phi) is 1.23. The molecule has 1 rings (SSSR count). The van der Waals surface area contributed by atoms with Gasteiger partial charge in [0, 0.05) is 0 Å². The van der Waals surface area contributed by atoms with Crippen LogP contribution in [-0.2, 0) is 0 Å². The van der Waals surface area contributed by atoms with Gasteiger partial charge in [-0.25, -0.2) is 0 Å². The van der Waals surface area contributed by atoms with Gasteiger partial charge in [0.25, 0.3) is 0 Å². The average molecular weight is 127 g/mol. The highest BCUT2D eigenvalue weighted by Crippen LogP contribution is 2.07. The Bertz CT molecular complexity index is 221. The number of aromatic nitrogens is 2. The maximum Gasteiger partial charge on any atom is 0.139 e. The molecular formula is C5H3ClN2. The molecule has 0 unspecified atom stereocenters. The second-order valence-electron chi connectivity index (χ2n) is 1.24. The second-order valence-corrected chi connectivity index (χ2v) is 1.62. The minimum Gasteiger partial charge on any atom is -0.266 e.